The molecule has 0 radical (unpaired) electrons. The number of hydrogen-bond donors (Lipinski definition) is 0. The zero-order valence-corrected chi connectivity index (χ0v) is 16.8. The van der Waals surface area contributed by atoms with Gasteiger partial charge < -0.3 is 4.74 Å². The van der Waals surface area contributed by atoms with Gasteiger partial charge in [0.2, 0.25) is 0 Å². The van der Waals surface area contributed by atoms with E-state index in [1.54, 1.807) is 0 Å². The Morgan fingerprint density at radius 3 is 2.38 bits per heavy atom. The molecule has 0 saturated carbocycles. The van der Waals surface area contributed by atoms with Gasteiger partial charge in [0.1, 0.15) is 30.5 Å². The number of carbonyl (C=O) groups excluding carboxylic acids is 1. The first-order valence-corrected chi connectivity index (χ1v) is 10.6. The van der Waals surface area contributed by atoms with Crippen molar-refractivity contribution in [2.75, 3.05) is 0 Å². The fraction of sp³-hybridized carbons (Fsp3) is 0.360. The Kier molecular flexibility index (Phi) is 4.50. The van der Waals surface area contributed by atoms with E-state index in [1.165, 1.54) is 12.2 Å². The van der Waals surface area contributed by atoms with E-state index in [2.05, 4.69) is 28.5 Å². The highest BCUT2D eigenvalue weighted by atomic mass is 16.6. The molecule has 5 rings (SSSR count). The third kappa shape index (κ3) is 3.07. The van der Waals surface area contributed by atoms with Crippen LogP contribution in [0.15, 0.2) is 73.1 Å². The van der Waals surface area contributed by atoms with Crippen LogP contribution in [-0.4, -0.2) is 16.6 Å². The molecule has 3 aromatic rings. The Morgan fingerprint density at radius 2 is 1.72 bits per heavy atom. The van der Waals surface area contributed by atoms with Crippen molar-refractivity contribution in [3.63, 3.8) is 0 Å². The van der Waals surface area contributed by atoms with E-state index in [0.717, 1.165) is 24.1 Å². The van der Waals surface area contributed by atoms with Crippen LogP contribution in [0.1, 0.15) is 36.7 Å². The molecule has 0 aliphatic carbocycles. The summed E-state index contributed by atoms with van der Waals surface area (Å²) in [5, 5.41) is 0. The van der Waals surface area contributed by atoms with Crippen molar-refractivity contribution in [2.24, 2.45) is 5.92 Å². The number of aryl methyl sites for hydroxylation is 1. The predicted octanol–water partition coefficient (Wildman–Crippen LogP) is 3.66. The maximum absolute atomic E-state index is 13.3. The zero-order valence-electron chi connectivity index (χ0n) is 16.8. The second kappa shape index (κ2) is 7.18. The van der Waals surface area contributed by atoms with Crippen LogP contribution in [-0.2, 0) is 34.5 Å². The normalized spacial score (nSPS) is 22.9. The van der Waals surface area contributed by atoms with Gasteiger partial charge in [-0.3, -0.25) is 4.79 Å². The highest BCUT2D eigenvalue weighted by molar-refractivity contribution is 5.89. The smallest absolute Gasteiger partial charge is 0.321 e. The number of nitrogens with zero attached hydrogens (tertiary/aromatic N) is 2. The van der Waals surface area contributed by atoms with Crippen LogP contribution < -0.4 is 4.57 Å². The molecule has 0 amide bonds. The molecule has 0 spiro atoms. The average molecular weight is 388 g/mol. The molecule has 2 aliphatic heterocycles. The van der Waals surface area contributed by atoms with Gasteiger partial charge in [-0.1, -0.05) is 67.6 Å². The Bertz CT molecular complexity index is 970. The number of fused-ring (bicyclic) bond motifs is 1. The quantitative estimate of drug-likeness (QED) is 0.506. The predicted molar refractivity (Wildman–Crippen MR) is 110 cm³/mol. The number of imidazole rings is 1. The molecule has 2 aromatic carbocycles. The number of esters is 1. The van der Waals surface area contributed by atoms with E-state index in [4.69, 9.17) is 4.74 Å². The van der Waals surface area contributed by atoms with Gasteiger partial charge in [-0.2, -0.15) is 0 Å². The summed E-state index contributed by atoms with van der Waals surface area (Å²) < 4.78 is 10.6. The first kappa shape index (κ1) is 18.2. The molecule has 4 nitrogen and oxygen atoms in total. The van der Waals surface area contributed by atoms with E-state index in [0.29, 0.717) is 18.9 Å². The first-order chi connectivity index (χ1) is 14.2. The highest BCUT2D eigenvalue weighted by Crippen LogP contribution is 2.43. The number of aromatic nitrogens is 2. The van der Waals surface area contributed by atoms with Gasteiger partial charge in [0.05, 0.1) is 13.0 Å². The number of carbonyl (C=O) groups is 1. The Labute approximate surface area is 171 Å². The number of hydrogen-bond acceptors (Lipinski definition) is 2. The molecule has 1 fully saturated rings. The molecule has 0 N–H and O–H groups in total. The lowest BCUT2D eigenvalue weighted by molar-refractivity contribution is -0.710. The minimum atomic E-state index is -0.735. The summed E-state index contributed by atoms with van der Waals surface area (Å²) in [6.45, 7) is 4.10. The monoisotopic (exact) mass is 387 g/mol. The minimum Gasteiger partial charge on any atom is -0.457 e. The standard InChI is InChI=1S/C25H27N2O2/c1-19-12-13-26-14-15-27(23(26)16-19)18-22-17-25(24(28)29-22,20-8-4-2-5-9-20)21-10-6-3-7-11-21/h2-11,14-15,19,22H,12-13,16-18H2,1H3/q+1. The van der Waals surface area contributed by atoms with Crippen molar-refractivity contribution >= 4 is 5.97 Å². The van der Waals surface area contributed by atoms with Gasteiger partial charge in [-0.05, 0) is 23.5 Å². The molecule has 2 aliphatic rings. The molecule has 1 aromatic heterocycles. The van der Waals surface area contributed by atoms with Crippen LogP contribution in [0.25, 0.3) is 0 Å². The molecular weight excluding hydrogens is 360 g/mol. The molecule has 2 atom stereocenters. The first-order valence-electron chi connectivity index (χ1n) is 10.6. The second-order valence-corrected chi connectivity index (χ2v) is 8.53. The lowest BCUT2D eigenvalue weighted by atomic mass is 9.72. The van der Waals surface area contributed by atoms with Gasteiger partial charge in [0, 0.05) is 6.42 Å². The van der Waals surface area contributed by atoms with Crippen molar-refractivity contribution in [3.05, 3.63) is 90.0 Å². The average Bonchev–Trinajstić information content (AvgIpc) is 3.30. The number of cyclic esters (lactones) is 1. The molecule has 3 heterocycles. The van der Waals surface area contributed by atoms with Crippen molar-refractivity contribution in [2.45, 2.75) is 50.8 Å². The van der Waals surface area contributed by atoms with E-state index in [-0.39, 0.29) is 12.1 Å². The molecule has 148 valence electrons. The van der Waals surface area contributed by atoms with Crippen LogP contribution in [0.2, 0.25) is 0 Å². The van der Waals surface area contributed by atoms with Crippen LogP contribution in [0, 0.1) is 5.92 Å². The maximum Gasteiger partial charge on any atom is 0.321 e. The lowest BCUT2D eigenvalue weighted by Gasteiger charge is -2.26. The summed E-state index contributed by atoms with van der Waals surface area (Å²) in [5.74, 6) is 1.90. The van der Waals surface area contributed by atoms with E-state index >= 15 is 0 Å². The van der Waals surface area contributed by atoms with Gasteiger partial charge in [0.15, 0.2) is 0 Å². The molecular formula is C25H27N2O2+. The maximum atomic E-state index is 13.3. The van der Waals surface area contributed by atoms with Gasteiger partial charge >= 0.3 is 5.97 Å². The van der Waals surface area contributed by atoms with Crippen molar-refractivity contribution in [1.29, 1.82) is 0 Å². The van der Waals surface area contributed by atoms with Crippen LogP contribution in [0.4, 0.5) is 0 Å². The Hall–Kier alpha value is -2.88. The minimum absolute atomic E-state index is 0.137. The summed E-state index contributed by atoms with van der Waals surface area (Å²) >= 11 is 0. The van der Waals surface area contributed by atoms with Gasteiger partial charge in [-0.25, -0.2) is 9.13 Å². The number of ether oxygens (including phenoxy) is 1. The highest BCUT2D eigenvalue weighted by Gasteiger charge is 2.52. The number of benzene rings is 2. The SMILES string of the molecule is CC1CC[n+]2ccn(CC3CC(c4ccccc4)(c4ccccc4)C(=O)O3)c2C1. The fourth-order valence-corrected chi connectivity index (χ4v) is 5.00. The van der Waals surface area contributed by atoms with Crippen molar-refractivity contribution < 1.29 is 14.1 Å². The summed E-state index contributed by atoms with van der Waals surface area (Å²) in [7, 11) is 0. The van der Waals surface area contributed by atoms with Crippen molar-refractivity contribution in [3.8, 4) is 0 Å². The van der Waals surface area contributed by atoms with Crippen LogP contribution >= 0.6 is 0 Å². The second-order valence-electron chi connectivity index (χ2n) is 8.53. The van der Waals surface area contributed by atoms with Crippen LogP contribution in [0.3, 0.4) is 0 Å². The molecule has 4 heteroatoms. The van der Waals surface area contributed by atoms with Crippen LogP contribution in [0.5, 0.6) is 0 Å². The third-order valence-electron chi connectivity index (χ3n) is 6.57. The van der Waals surface area contributed by atoms with E-state index < -0.39 is 5.41 Å². The molecule has 0 bridgehead atoms. The zero-order chi connectivity index (χ0) is 19.8. The Balaban J connectivity index is 1.49. The molecule has 1 saturated heterocycles. The topological polar surface area (TPSA) is 35.1 Å². The molecule has 29 heavy (non-hydrogen) atoms. The largest absolute Gasteiger partial charge is 0.457 e. The summed E-state index contributed by atoms with van der Waals surface area (Å²) in [5.41, 5.74) is 1.29. The fourth-order valence-electron chi connectivity index (χ4n) is 5.00. The molecule has 2 unspecified atom stereocenters. The van der Waals surface area contributed by atoms with Crippen molar-refractivity contribution in [1.82, 2.24) is 4.57 Å². The van der Waals surface area contributed by atoms with E-state index in [9.17, 15) is 4.79 Å². The Morgan fingerprint density at radius 1 is 1.07 bits per heavy atom. The lowest BCUT2D eigenvalue weighted by Crippen LogP contribution is -2.43. The van der Waals surface area contributed by atoms with Gasteiger partial charge in [0.25, 0.3) is 5.82 Å². The summed E-state index contributed by atoms with van der Waals surface area (Å²) in [4.78, 5) is 13.3. The van der Waals surface area contributed by atoms with Gasteiger partial charge in [-0.15, -0.1) is 0 Å². The van der Waals surface area contributed by atoms with E-state index in [1.807, 2.05) is 60.7 Å². The summed E-state index contributed by atoms with van der Waals surface area (Å²) in [6.07, 6.45) is 7.14. The third-order valence-corrected chi connectivity index (χ3v) is 6.57. The number of rotatable bonds is 4. The summed E-state index contributed by atoms with van der Waals surface area (Å²) in [6, 6.07) is 20.2.